The number of aromatic nitrogens is 1. The molecule has 0 saturated carbocycles. The van der Waals surface area contributed by atoms with Crippen molar-refractivity contribution >= 4 is 5.91 Å². The van der Waals surface area contributed by atoms with Gasteiger partial charge in [-0.15, -0.1) is 0 Å². The molecule has 0 atom stereocenters. The van der Waals surface area contributed by atoms with Gasteiger partial charge in [0, 0.05) is 31.3 Å². The minimum Gasteiger partial charge on any atom is -0.496 e. The molecule has 1 aromatic heterocycles. The largest absolute Gasteiger partial charge is 0.496 e. The van der Waals surface area contributed by atoms with Crippen LogP contribution in [0.1, 0.15) is 31.0 Å². The van der Waals surface area contributed by atoms with E-state index in [9.17, 15) is 9.59 Å². The highest BCUT2D eigenvalue weighted by atomic mass is 16.5. The third kappa shape index (κ3) is 6.47. The van der Waals surface area contributed by atoms with Crippen molar-refractivity contribution in [2.24, 2.45) is 0 Å². The number of ether oxygens (including phenoxy) is 2. The van der Waals surface area contributed by atoms with Crippen LogP contribution in [0.15, 0.2) is 41.2 Å². The average molecular weight is 372 g/mol. The monoisotopic (exact) mass is 372 g/mol. The van der Waals surface area contributed by atoms with Crippen molar-refractivity contribution in [3.63, 3.8) is 0 Å². The molecule has 0 aliphatic rings. The van der Waals surface area contributed by atoms with Gasteiger partial charge in [-0.3, -0.25) is 9.59 Å². The van der Waals surface area contributed by atoms with Crippen LogP contribution in [-0.2, 0) is 17.8 Å². The van der Waals surface area contributed by atoms with E-state index in [1.807, 2.05) is 31.2 Å². The van der Waals surface area contributed by atoms with Crippen molar-refractivity contribution in [3.05, 3.63) is 58.0 Å². The number of nitrogens with one attached hydrogen (secondary N) is 1. The maximum atomic E-state index is 12.1. The van der Waals surface area contributed by atoms with Crippen molar-refractivity contribution in [3.8, 4) is 11.5 Å². The molecule has 0 saturated heterocycles. The normalized spacial score (nSPS) is 10.5. The number of hydrogen-bond donors (Lipinski definition) is 1. The lowest BCUT2D eigenvalue weighted by molar-refractivity contribution is -0.121. The average Bonchev–Trinajstić information content (AvgIpc) is 2.67. The van der Waals surface area contributed by atoms with Crippen molar-refractivity contribution in [2.45, 2.75) is 39.7 Å². The van der Waals surface area contributed by atoms with Gasteiger partial charge in [0.1, 0.15) is 11.5 Å². The number of carbonyl (C=O) groups excluding carboxylic acids is 1. The third-order valence-corrected chi connectivity index (χ3v) is 4.24. The molecule has 6 nitrogen and oxygen atoms in total. The Morgan fingerprint density at radius 1 is 1.15 bits per heavy atom. The number of hydrogen-bond acceptors (Lipinski definition) is 4. The van der Waals surface area contributed by atoms with Gasteiger partial charge in [-0.25, -0.2) is 0 Å². The fraction of sp³-hybridized carbons (Fsp3) is 0.429. The molecule has 1 aromatic carbocycles. The fourth-order valence-corrected chi connectivity index (χ4v) is 2.73. The van der Waals surface area contributed by atoms with Crippen LogP contribution in [0.5, 0.6) is 11.5 Å². The maximum Gasteiger partial charge on any atom is 0.254 e. The van der Waals surface area contributed by atoms with Gasteiger partial charge < -0.3 is 19.4 Å². The van der Waals surface area contributed by atoms with Crippen molar-refractivity contribution < 1.29 is 14.3 Å². The molecule has 2 aromatic rings. The van der Waals surface area contributed by atoms with Crippen LogP contribution in [0, 0.1) is 6.92 Å². The van der Waals surface area contributed by atoms with Crippen LogP contribution in [0.3, 0.4) is 0 Å². The van der Waals surface area contributed by atoms with Crippen LogP contribution >= 0.6 is 0 Å². The Morgan fingerprint density at radius 2 is 1.89 bits per heavy atom. The van der Waals surface area contributed by atoms with E-state index in [0.717, 1.165) is 23.4 Å². The lowest BCUT2D eigenvalue weighted by atomic mass is 10.1. The topological polar surface area (TPSA) is 69.6 Å². The molecule has 0 spiro atoms. The quantitative estimate of drug-likeness (QED) is 0.696. The minimum absolute atomic E-state index is 0.0273. The Kier molecular flexibility index (Phi) is 7.92. The summed E-state index contributed by atoms with van der Waals surface area (Å²) in [6.07, 6.45) is 2.05. The molecule has 1 heterocycles. The van der Waals surface area contributed by atoms with Crippen LogP contribution < -0.4 is 20.3 Å². The smallest absolute Gasteiger partial charge is 0.254 e. The minimum atomic E-state index is -0.133. The number of rotatable bonds is 10. The highest BCUT2D eigenvalue weighted by Gasteiger charge is 2.06. The fourth-order valence-electron chi connectivity index (χ4n) is 2.73. The summed E-state index contributed by atoms with van der Waals surface area (Å²) in [7, 11) is 1.53. The summed E-state index contributed by atoms with van der Waals surface area (Å²) in [5.74, 6) is 1.37. The molecule has 0 bridgehead atoms. The second-order valence-corrected chi connectivity index (χ2v) is 6.37. The summed E-state index contributed by atoms with van der Waals surface area (Å²) in [6, 6.07) is 11.1. The molecule has 0 unspecified atom stereocenters. The zero-order valence-electron chi connectivity index (χ0n) is 16.3. The van der Waals surface area contributed by atoms with Crippen LogP contribution in [0.4, 0.5) is 0 Å². The van der Waals surface area contributed by atoms with E-state index in [4.69, 9.17) is 9.47 Å². The lowest BCUT2D eigenvalue weighted by Crippen LogP contribution is -2.31. The van der Waals surface area contributed by atoms with E-state index in [1.165, 1.54) is 13.2 Å². The van der Waals surface area contributed by atoms with Gasteiger partial charge in [-0.1, -0.05) is 19.1 Å². The molecular formula is C21H28N2O4. The number of benzene rings is 1. The van der Waals surface area contributed by atoms with Crippen molar-refractivity contribution in [1.82, 2.24) is 9.88 Å². The van der Waals surface area contributed by atoms with Gasteiger partial charge in [0.15, 0.2) is 0 Å². The van der Waals surface area contributed by atoms with E-state index in [-0.39, 0.29) is 11.5 Å². The first-order chi connectivity index (χ1) is 13.0. The molecular weight excluding hydrogens is 344 g/mol. The first kappa shape index (κ1) is 20.6. The zero-order chi connectivity index (χ0) is 19.6. The van der Waals surface area contributed by atoms with E-state index < -0.39 is 0 Å². The molecule has 1 amide bonds. The zero-order valence-corrected chi connectivity index (χ0v) is 16.3. The molecule has 146 valence electrons. The molecule has 0 fully saturated rings. The molecule has 0 aliphatic heterocycles. The maximum absolute atomic E-state index is 12.1. The van der Waals surface area contributed by atoms with Crippen molar-refractivity contribution in [2.75, 3.05) is 20.3 Å². The number of pyridine rings is 1. The molecule has 0 aliphatic carbocycles. The Balaban J connectivity index is 1.76. The Labute approximate surface area is 160 Å². The van der Waals surface area contributed by atoms with Gasteiger partial charge in [0.2, 0.25) is 5.91 Å². The van der Waals surface area contributed by atoms with Crippen molar-refractivity contribution in [1.29, 1.82) is 0 Å². The number of aryl methyl sites for hydroxylation is 2. The molecule has 1 N–H and O–H groups in total. The summed E-state index contributed by atoms with van der Waals surface area (Å²) in [6.45, 7) is 5.47. The second kappa shape index (κ2) is 10.4. The predicted octanol–water partition coefficient (Wildman–Crippen LogP) is 2.70. The number of amides is 1. The molecule has 0 radical (unpaired) electrons. The molecule has 6 heteroatoms. The standard InChI is InChI=1S/C21H28N2O4/c1-4-13-27-18-8-5-17(6-9-18)7-10-20(24)22-11-12-23-16(2)14-19(26-3)15-21(23)25/h5-6,8-9,14-15H,4,7,10-13H2,1-3H3,(H,22,24). The second-order valence-electron chi connectivity index (χ2n) is 6.37. The van der Waals surface area contributed by atoms with E-state index >= 15 is 0 Å². The van der Waals surface area contributed by atoms with Crippen LogP contribution in [0.25, 0.3) is 0 Å². The molecule has 2 rings (SSSR count). The van der Waals surface area contributed by atoms with Gasteiger partial charge in [-0.2, -0.15) is 0 Å². The van der Waals surface area contributed by atoms with Crippen LogP contribution in [0.2, 0.25) is 0 Å². The summed E-state index contributed by atoms with van der Waals surface area (Å²) < 4.78 is 12.3. The Bertz CT molecular complexity index is 797. The number of methoxy groups -OCH3 is 1. The molecule has 27 heavy (non-hydrogen) atoms. The summed E-state index contributed by atoms with van der Waals surface area (Å²) in [5, 5.41) is 2.87. The number of nitrogens with zero attached hydrogens (tertiary/aromatic N) is 1. The SMILES string of the molecule is CCCOc1ccc(CCC(=O)NCCn2c(C)cc(OC)cc2=O)cc1. The summed E-state index contributed by atoms with van der Waals surface area (Å²) in [5.41, 5.74) is 1.77. The lowest BCUT2D eigenvalue weighted by Gasteiger charge is -2.12. The highest BCUT2D eigenvalue weighted by molar-refractivity contribution is 5.76. The van der Waals surface area contributed by atoms with Gasteiger partial charge in [0.05, 0.1) is 13.7 Å². The number of carbonyl (C=O) groups is 1. The first-order valence-electron chi connectivity index (χ1n) is 9.27. The van der Waals surface area contributed by atoms with E-state index in [2.05, 4.69) is 12.2 Å². The van der Waals surface area contributed by atoms with Gasteiger partial charge in [0.25, 0.3) is 5.56 Å². The predicted molar refractivity (Wildman–Crippen MR) is 106 cm³/mol. The van der Waals surface area contributed by atoms with E-state index in [1.54, 1.807) is 10.6 Å². The van der Waals surface area contributed by atoms with Crippen LogP contribution in [-0.4, -0.2) is 30.7 Å². The Morgan fingerprint density at radius 3 is 2.52 bits per heavy atom. The third-order valence-electron chi connectivity index (χ3n) is 4.24. The first-order valence-corrected chi connectivity index (χ1v) is 9.27. The van der Waals surface area contributed by atoms with Gasteiger partial charge >= 0.3 is 0 Å². The summed E-state index contributed by atoms with van der Waals surface area (Å²) >= 11 is 0. The Hall–Kier alpha value is -2.76. The van der Waals surface area contributed by atoms with Gasteiger partial charge in [-0.05, 0) is 43.5 Å². The van der Waals surface area contributed by atoms with E-state index in [0.29, 0.717) is 38.3 Å². The highest BCUT2D eigenvalue weighted by Crippen LogP contribution is 2.13. The summed E-state index contributed by atoms with van der Waals surface area (Å²) in [4.78, 5) is 24.1.